The summed E-state index contributed by atoms with van der Waals surface area (Å²) in [5, 5.41) is 11.4. The van der Waals surface area contributed by atoms with Crippen LogP contribution in [0.25, 0.3) is 0 Å². The molecule has 0 unspecified atom stereocenters. The first-order valence-corrected chi connectivity index (χ1v) is 7.73. The summed E-state index contributed by atoms with van der Waals surface area (Å²) in [5.41, 5.74) is 0.0199. The van der Waals surface area contributed by atoms with Crippen molar-refractivity contribution in [3.05, 3.63) is 29.8 Å². The highest BCUT2D eigenvalue weighted by atomic mass is 19.4. The van der Waals surface area contributed by atoms with Crippen LogP contribution in [0.5, 0.6) is 0 Å². The summed E-state index contributed by atoms with van der Waals surface area (Å²) >= 11 is 0. The van der Waals surface area contributed by atoms with E-state index in [0.717, 1.165) is 7.05 Å². The van der Waals surface area contributed by atoms with Gasteiger partial charge in [0.25, 0.3) is 0 Å². The molecule has 0 saturated carbocycles. The predicted molar refractivity (Wildman–Crippen MR) is 88.3 cm³/mol. The third-order valence-electron chi connectivity index (χ3n) is 3.49. The summed E-state index contributed by atoms with van der Waals surface area (Å²) in [6, 6.07) is 6.09. The summed E-state index contributed by atoms with van der Waals surface area (Å²) in [5.74, 6) is -3.38. The van der Waals surface area contributed by atoms with Gasteiger partial charge < -0.3 is 15.3 Å². The number of anilines is 1. The van der Waals surface area contributed by atoms with E-state index in [9.17, 15) is 27.6 Å². The van der Waals surface area contributed by atoms with Crippen molar-refractivity contribution < 1.29 is 32.7 Å². The fraction of sp³-hybridized carbons (Fsp3) is 0.471. The number of amides is 2. The zero-order valence-corrected chi connectivity index (χ0v) is 14.7. The van der Waals surface area contributed by atoms with Crippen molar-refractivity contribution in [1.82, 2.24) is 4.90 Å². The van der Waals surface area contributed by atoms with Crippen molar-refractivity contribution >= 4 is 23.5 Å². The third-order valence-corrected chi connectivity index (χ3v) is 3.49. The highest BCUT2D eigenvalue weighted by Gasteiger charge is 2.41. The number of rotatable bonds is 7. The molecule has 0 aromatic heterocycles. The molecule has 0 aliphatic carbocycles. The first kappa shape index (κ1) is 21.5. The number of hydrogen-bond acceptors (Lipinski definition) is 3. The number of carboxylic acids is 1. The molecule has 144 valence electrons. The SMILES string of the molecule is CN(Cc1cccc(NC(=O)CC(C)(C)CC(=O)O)c1)C(=O)C(F)(F)F. The lowest BCUT2D eigenvalue weighted by Gasteiger charge is -2.22. The lowest BCUT2D eigenvalue weighted by Crippen LogP contribution is -2.37. The fourth-order valence-electron chi connectivity index (χ4n) is 2.42. The van der Waals surface area contributed by atoms with E-state index in [2.05, 4.69) is 5.32 Å². The number of alkyl halides is 3. The summed E-state index contributed by atoms with van der Waals surface area (Å²) in [6.45, 7) is 3.02. The number of halogens is 3. The Morgan fingerprint density at radius 1 is 1.15 bits per heavy atom. The molecule has 9 heteroatoms. The standard InChI is InChI=1S/C17H21F3N2O4/c1-16(2,9-14(24)25)8-13(23)21-12-6-4-5-11(7-12)10-22(3)15(26)17(18,19)20/h4-7H,8-10H2,1-3H3,(H,21,23)(H,24,25). The van der Waals surface area contributed by atoms with Crippen LogP contribution in [-0.2, 0) is 20.9 Å². The molecule has 0 fully saturated rings. The molecule has 2 amide bonds. The number of hydrogen-bond donors (Lipinski definition) is 2. The monoisotopic (exact) mass is 374 g/mol. The van der Waals surface area contributed by atoms with Crippen LogP contribution < -0.4 is 5.32 Å². The molecular weight excluding hydrogens is 353 g/mol. The lowest BCUT2D eigenvalue weighted by molar-refractivity contribution is -0.184. The maximum absolute atomic E-state index is 12.4. The minimum atomic E-state index is -4.95. The van der Waals surface area contributed by atoms with Crippen LogP contribution in [0.1, 0.15) is 32.3 Å². The zero-order chi connectivity index (χ0) is 20.1. The number of benzene rings is 1. The maximum atomic E-state index is 12.4. The lowest BCUT2D eigenvalue weighted by atomic mass is 9.85. The van der Waals surface area contributed by atoms with Gasteiger partial charge in [-0.1, -0.05) is 26.0 Å². The minimum Gasteiger partial charge on any atom is -0.481 e. The molecule has 6 nitrogen and oxygen atoms in total. The molecule has 0 atom stereocenters. The topological polar surface area (TPSA) is 86.7 Å². The molecule has 1 aromatic rings. The van der Waals surface area contributed by atoms with E-state index in [0.29, 0.717) is 16.2 Å². The summed E-state index contributed by atoms with van der Waals surface area (Å²) in [4.78, 5) is 34.5. The average molecular weight is 374 g/mol. The van der Waals surface area contributed by atoms with Gasteiger partial charge in [-0.2, -0.15) is 13.2 Å². The van der Waals surface area contributed by atoms with Gasteiger partial charge in [-0.3, -0.25) is 14.4 Å². The summed E-state index contributed by atoms with van der Waals surface area (Å²) < 4.78 is 37.2. The molecule has 0 heterocycles. The highest BCUT2D eigenvalue weighted by molar-refractivity contribution is 5.91. The first-order chi connectivity index (χ1) is 11.8. The minimum absolute atomic E-state index is 0.0318. The Morgan fingerprint density at radius 2 is 1.77 bits per heavy atom. The second kappa shape index (κ2) is 8.20. The van der Waals surface area contributed by atoms with E-state index in [-0.39, 0.29) is 19.4 Å². The molecule has 0 aliphatic rings. The van der Waals surface area contributed by atoms with E-state index in [1.165, 1.54) is 12.1 Å². The van der Waals surface area contributed by atoms with Gasteiger partial charge in [-0.25, -0.2) is 0 Å². The molecular formula is C17H21F3N2O4. The summed E-state index contributed by atoms with van der Waals surface area (Å²) in [6.07, 6.45) is -5.16. The van der Waals surface area contributed by atoms with Crippen molar-refractivity contribution in [3.8, 4) is 0 Å². The Labute approximate surface area is 149 Å². The van der Waals surface area contributed by atoms with Crippen LogP contribution in [0.3, 0.4) is 0 Å². The van der Waals surface area contributed by atoms with Crippen molar-refractivity contribution in [1.29, 1.82) is 0 Å². The van der Waals surface area contributed by atoms with Crippen molar-refractivity contribution in [2.45, 2.75) is 39.4 Å². The van der Waals surface area contributed by atoms with Gasteiger partial charge in [-0.05, 0) is 23.1 Å². The second-order valence-electron chi connectivity index (χ2n) is 6.82. The Morgan fingerprint density at radius 3 is 2.31 bits per heavy atom. The zero-order valence-electron chi connectivity index (χ0n) is 14.7. The van der Waals surface area contributed by atoms with E-state index in [4.69, 9.17) is 5.11 Å². The quantitative estimate of drug-likeness (QED) is 0.768. The van der Waals surface area contributed by atoms with E-state index >= 15 is 0 Å². The van der Waals surface area contributed by atoms with Crippen LogP contribution in [0.15, 0.2) is 24.3 Å². The van der Waals surface area contributed by atoms with E-state index < -0.39 is 29.4 Å². The molecule has 1 aromatic carbocycles. The number of carbonyl (C=O) groups excluding carboxylic acids is 2. The second-order valence-corrected chi connectivity index (χ2v) is 6.82. The van der Waals surface area contributed by atoms with Crippen LogP contribution in [-0.4, -0.2) is 41.0 Å². The number of aliphatic carboxylic acids is 1. The van der Waals surface area contributed by atoms with Gasteiger partial charge in [0.1, 0.15) is 0 Å². The fourth-order valence-corrected chi connectivity index (χ4v) is 2.42. The molecule has 2 N–H and O–H groups in total. The van der Waals surface area contributed by atoms with E-state index in [1.54, 1.807) is 26.0 Å². The normalized spacial score (nSPS) is 11.8. The maximum Gasteiger partial charge on any atom is 0.471 e. The molecule has 1 rings (SSSR count). The van der Waals surface area contributed by atoms with Gasteiger partial charge in [0.15, 0.2) is 0 Å². The molecule has 0 aliphatic heterocycles. The van der Waals surface area contributed by atoms with Gasteiger partial charge in [0.2, 0.25) is 5.91 Å². The van der Waals surface area contributed by atoms with Crippen LogP contribution in [0.2, 0.25) is 0 Å². The molecule has 0 radical (unpaired) electrons. The van der Waals surface area contributed by atoms with Crippen molar-refractivity contribution in [2.24, 2.45) is 5.41 Å². The third kappa shape index (κ3) is 7.12. The van der Waals surface area contributed by atoms with Crippen LogP contribution in [0.4, 0.5) is 18.9 Å². The Balaban J connectivity index is 2.74. The average Bonchev–Trinajstić information content (AvgIpc) is 2.43. The van der Waals surface area contributed by atoms with Gasteiger partial charge in [0.05, 0.1) is 6.42 Å². The van der Waals surface area contributed by atoms with Crippen molar-refractivity contribution in [2.75, 3.05) is 12.4 Å². The summed E-state index contributed by atoms with van der Waals surface area (Å²) in [7, 11) is 1.04. The predicted octanol–water partition coefficient (Wildman–Crippen LogP) is 3.04. The highest BCUT2D eigenvalue weighted by Crippen LogP contribution is 2.26. The van der Waals surface area contributed by atoms with Crippen LogP contribution in [0, 0.1) is 5.41 Å². The van der Waals surface area contributed by atoms with E-state index in [1.807, 2.05) is 0 Å². The molecule has 0 spiro atoms. The van der Waals surface area contributed by atoms with Gasteiger partial charge >= 0.3 is 18.1 Å². The Hall–Kier alpha value is -2.58. The molecule has 0 saturated heterocycles. The number of nitrogens with one attached hydrogen (secondary N) is 1. The van der Waals surface area contributed by atoms with Crippen LogP contribution >= 0.6 is 0 Å². The smallest absolute Gasteiger partial charge is 0.471 e. The number of carboxylic acid groups (broad SMARTS) is 1. The molecule has 26 heavy (non-hydrogen) atoms. The number of carbonyl (C=O) groups is 3. The van der Waals surface area contributed by atoms with Gasteiger partial charge in [-0.15, -0.1) is 0 Å². The Bertz CT molecular complexity index is 687. The number of nitrogens with zero attached hydrogens (tertiary/aromatic N) is 1. The molecule has 0 bridgehead atoms. The largest absolute Gasteiger partial charge is 0.481 e. The van der Waals surface area contributed by atoms with Gasteiger partial charge in [0, 0.05) is 25.7 Å². The first-order valence-electron chi connectivity index (χ1n) is 7.73. The van der Waals surface area contributed by atoms with Crippen molar-refractivity contribution in [3.63, 3.8) is 0 Å². The Kier molecular flexibility index (Phi) is 6.77.